The van der Waals surface area contributed by atoms with Crippen LogP contribution in [0.4, 0.5) is 0 Å². The Morgan fingerprint density at radius 1 is 0.892 bits per heavy atom. The molecule has 0 spiro atoms. The number of hydrogen-bond donors (Lipinski definition) is 0. The topological polar surface area (TPSA) is 75.2 Å². The Morgan fingerprint density at radius 3 is 2.43 bits per heavy atom. The van der Waals surface area contributed by atoms with Crippen LogP contribution in [-0.2, 0) is 11.3 Å². The lowest BCUT2D eigenvalue weighted by molar-refractivity contribution is -0.137. The minimum absolute atomic E-state index is 0.0372. The van der Waals surface area contributed by atoms with Crippen LogP contribution in [0.1, 0.15) is 71.9 Å². The number of carbonyl (C=O) groups is 2. The molecular weight excluding hydrogens is 488 g/mol. The van der Waals surface area contributed by atoms with Crippen molar-refractivity contribution in [2.45, 2.75) is 57.4 Å². The molecule has 4 heterocycles. The van der Waals surface area contributed by atoms with Crippen molar-refractivity contribution in [1.82, 2.24) is 19.7 Å². The standard InChI is InChI=1S/C28H36N4O4S/c33-27(22-4-2-1-3-5-22)31-10-8-21(9-11-31)26-29-23(18-37-26)28(34)32-14-12-30(13-15-32)17-20-6-7-24-25(16-20)36-19-35-24/h6-7,16,18,21-22H,1-5,8-15,17,19H2. The first kappa shape index (κ1) is 24.7. The molecule has 1 saturated carbocycles. The number of benzene rings is 1. The van der Waals surface area contributed by atoms with E-state index < -0.39 is 0 Å². The molecular formula is C28H36N4O4S. The molecule has 198 valence electrons. The fourth-order valence-corrected chi connectivity index (χ4v) is 7.06. The summed E-state index contributed by atoms with van der Waals surface area (Å²) in [4.78, 5) is 37.2. The molecule has 0 bridgehead atoms. The van der Waals surface area contributed by atoms with Gasteiger partial charge in [0.15, 0.2) is 11.5 Å². The van der Waals surface area contributed by atoms with Gasteiger partial charge in [-0.1, -0.05) is 25.3 Å². The van der Waals surface area contributed by atoms with Gasteiger partial charge in [0, 0.05) is 63.0 Å². The molecule has 4 aliphatic rings. The maximum absolute atomic E-state index is 13.2. The van der Waals surface area contributed by atoms with Gasteiger partial charge in [-0.3, -0.25) is 14.5 Å². The number of fused-ring (bicyclic) bond motifs is 1. The lowest BCUT2D eigenvalue weighted by atomic mass is 9.87. The van der Waals surface area contributed by atoms with E-state index in [0.717, 1.165) is 74.9 Å². The molecule has 8 nitrogen and oxygen atoms in total. The Kier molecular flexibility index (Phi) is 7.33. The van der Waals surface area contributed by atoms with E-state index in [-0.39, 0.29) is 18.6 Å². The number of piperidine rings is 1. The highest BCUT2D eigenvalue weighted by atomic mass is 32.1. The van der Waals surface area contributed by atoms with Crippen LogP contribution >= 0.6 is 11.3 Å². The first-order valence-electron chi connectivity index (χ1n) is 13.8. The van der Waals surface area contributed by atoms with Crippen molar-refractivity contribution in [3.8, 4) is 11.5 Å². The normalized spacial score (nSPS) is 21.4. The van der Waals surface area contributed by atoms with Gasteiger partial charge in [-0.25, -0.2) is 4.98 Å². The van der Waals surface area contributed by atoms with Gasteiger partial charge in [0.05, 0.1) is 5.01 Å². The SMILES string of the molecule is O=C(c1csc(C2CCN(C(=O)C3CCCCC3)CC2)n1)N1CCN(Cc2ccc3c(c2)OCO3)CC1. The third-order valence-corrected chi connectivity index (χ3v) is 9.36. The summed E-state index contributed by atoms with van der Waals surface area (Å²) in [5.41, 5.74) is 1.77. The van der Waals surface area contributed by atoms with Gasteiger partial charge in [-0.15, -0.1) is 11.3 Å². The number of hydrogen-bond acceptors (Lipinski definition) is 7. The highest BCUT2D eigenvalue weighted by Gasteiger charge is 2.31. The Bertz CT molecular complexity index is 1120. The number of nitrogens with zero attached hydrogens (tertiary/aromatic N) is 4. The van der Waals surface area contributed by atoms with Crippen LogP contribution in [0.25, 0.3) is 0 Å². The van der Waals surface area contributed by atoms with Crippen LogP contribution in [0, 0.1) is 5.92 Å². The number of carbonyl (C=O) groups excluding carboxylic acids is 2. The second kappa shape index (κ2) is 11.0. The number of piperazine rings is 1. The molecule has 3 aliphatic heterocycles. The van der Waals surface area contributed by atoms with Crippen LogP contribution in [0.5, 0.6) is 11.5 Å². The predicted octanol–water partition coefficient (Wildman–Crippen LogP) is 4.12. The van der Waals surface area contributed by atoms with E-state index in [1.807, 2.05) is 22.4 Å². The largest absolute Gasteiger partial charge is 0.454 e. The lowest BCUT2D eigenvalue weighted by Crippen LogP contribution is -2.48. The van der Waals surface area contributed by atoms with Crippen molar-refractivity contribution in [2.75, 3.05) is 46.1 Å². The maximum Gasteiger partial charge on any atom is 0.273 e. The number of likely N-dealkylation sites (tertiary alicyclic amines) is 1. The lowest BCUT2D eigenvalue weighted by Gasteiger charge is -2.35. The number of aromatic nitrogens is 1. The summed E-state index contributed by atoms with van der Waals surface area (Å²) >= 11 is 1.60. The summed E-state index contributed by atoms with van der Waals surface area (Å²) in [5.74, 6) is 2.61. The second-order valence-corrected chi connectivity index (χ2v) is 11.7. The smallest absolute Gasteiger partial charge is 0.273 e. The van der Waals surface area contributed by atoms with E-state index in [9.17, 15) is 9.59 Å². The summed E-state index contributed by atoms with van der Waals surface area (Å²) < 4.78 is 10.9. The van der Waals surface area contributed by atoms with Crippen LogP contribution < -0.4 is 9.47 Å². The van der Waals surface area contributed by atoms with Crippen molar-refractivity contribution in [1.29, 1.82) is 0 Å². The zero-order chi connectivity index (χ0) is 25.2. The third kappa shape index (κ3) is 5.48. The Labute approximate surface area is 222 Å². The third-order valence-electron chi connectivity index (χ3n) is 8.35. The van der Waals surface area contributed by atoms with E-state index in [1.54, 1.807) is 11.3 Å². The molecule has 0 unspecified atom stereocenters. The molecule has 2 saturated heterocycles. The van der Waals surface area contributed by atoms with Gasteiger partial charge < -0.3 is 19.3 Å². The quantitative estimate of drug-likeness (QED) is 0.586. The summed E-state index contributed by atoms with van der Waals surface area (Å²) in [5, 5.41) is 2.98. The van der Waals surface area contributed by atoms with Crippen LogP contribution in [-0.4, -0.2) is 77.6 Å². The summed E-state index contributed by atoms with van der Waals surface area (Å²) in [6.07, 6.45) is 7.66. The van der Waals surface area contributed by atoms with Crippen molar-refractivity contribution >= 4 is 23.2 Å². The minimum Gasteiger partial charge on any atom is -0.454 e. The second-order valence-electron chi connectivity index (χ2n) is 10.8. The Hall–Kier alpha value is -2.65. The molecule has 3 fully saturated rings. The molecule has 0 N–H and O–H groups in total. The molecule has 6 rings (SSSR count). The summed E-state index contributed by atoms with van der Waals surface area (Å²) in [7, 11) is 0. The van der Waals surface area contributed by atoms with Crippen molar-refractivity contribution < 1.29 is 19.1 Å². The molecule has 9 heteroatoms. The molecule has 1 aliphatic carbocycles. The van der Waals surface area contributed by atoms with Crippen LogP contribution in [0.2, 0.25) is 0 Å². The highest BCUT2D eigenvalue weighted by Crippen LogP contribution is 2.34. The zero-order valence-electron chi connectivity index (χ0n) is 21.4. The summed E-state index contributed by atoms with van der Waals surface area (Å²) in [6, 6.07) is 6.10. The number of amides is 2. The van der Waals surface area contributed by atoms with Crippen molar-refractivity contribution in [2.24, 2.45) is 5.92 Å². The first-order valence-corrected chi connectivity index (χ1v) is 14.7. The van der Waals surface area contributed by atoms with Gasteiger partial charge in [0.25, 0.3) is 5.91 Å². The van der Waals surface area contributed by atoms with Crippen LogP contribution in [0.15, 0.2) is 23.6 Å². The van der Waals surface area contributed by atoms with E-state index in [2.05, 4.69) is 15.9 Å². The van der Waals surface area contributed by atoms with Crippen LogP contribution in [0.3, 0.4) is 0 Å². The average Bonchev–Trinajstić information content (AvgIpc) is 3.63. The van der Waals surface area contributed by atoms with E-state index >= 15 is 0 Å². The fraction of sp³-hybridized carbons (Fsp3) is 0.607. The molecule has 2 amide bonds. The van der Waals surface area contributed by atoms with Gasteiger partial charge in [0.1, 0.15) is 5.69 Å². The molecule has 1 aromatic heterocycles. The van der Waals surface area contributed by atoms with Gasteiger partial charge in [-0.2, -0.15) is 0 Å². The van der Waals surface area contributed by atoms with Crippen molar-refractivity contribution in [3.63, 3.8) is 0 Å². The number of rotatable bonds is 5. The molecule has 0 radical (unpaired) electrons. The number of thiazole rings is 1. The van der Waals surface area contributed by atoms with E-state index in [0.29, 0.717) is 30.6 Å². The van der Waals surface area contributed by atoms with Gasteiger partial charge in [-0.05, 0) is 43.4 Å². The first-order chi connectivity index (χ1) is 18.1. The van der Waals surface area contributed by atoms with Gasteiger partial charge in [0.2, 0.25) is 12.7 Å². The summed E-state index contributed by atoms with van der Waals surface area (Å²) in [6.45, 7) is 5.84. The average molecular weight is 525 g/mol. The molecule has 1 aromatic carbocycles. The minimum atomic E-state index is 0.0372. The molecule has 0 atom stereocenters. The molecule has 37 heavy (non-hydrogen) atoms. The van der Waals surface area contributed by atoms with E-state index in [1.165, 1.54) is 24.8 Å². The maximum atomic E-state index is 13.2. The van der Waals surface area contributed by atoms with E-state index in [4.69, 9.17) is 14.5 Å². The fourth-order valence-electron chi connectivity index (χ4n) is 6.10. The predicted molar refractivity (Wildman–Crippen MR) is 141 cm³/mol. The highest BCUT2D eigenvalue weighted by molar-refractivity contribution is 7.09. The Balaban J connectivity index is 0.978. The molecule has 2 aromatic rings. The number of ether oxygens (including phenoxy) is 2. The zero-order valence-corrected chi connectivity index (χ0v) is 22.2. The monoisotopic (exact) mass is 524 g/mol. The Morgan fingerprint density at radius 2 is 1.65 bits per heavy atom. The van der Waals surface area contributed by atoms with Crippen molar-refractivity contribution in [3.05, 3.63) is 39.8 Å². The van der Waals surface area contributed by atoms with Gasteiger partial charge >= 0.3 is 0 Å².